The van der Waals surface area contributed by atoms with Gasteiger partial charge in [0.15, 0.2) is 0 Å². The van der Waals surface area contributed by atoms with Crippen LogP contribution in [-0.2, 0) is 0 Å². The molecule has 3 rings (SSSR count). The number of rotatable bonds is 9. The van der Waals surface area contributed by atoms with E-state index in [0.717, 1.165) is 43.7 Å². The van der Waals surface area contributed by atoms with Crippen molar-refractivity contribution in [3.05, 3.63) is 0 Å². The molecule has 2 saturated carbocycles. The molecule has 4 nitrogen and oxygen atoms in total. The second-order valence-corrected chi connectivity index (χ2v) is 13.6. The topological polar surface area (TPSA) is 38.7 Å². The van der Waals surface area contributed by atoms with Gasteiger partial charge in [-0.1, -0.05) is 46.5 Å². The summed E-state index contributed by atoms with van der Waals surface area (Å²) < 4.78 is 0. The molecule has 0 aromatic heterocycles. The van der Waals surface area contributed by atoms with E-state index in [4.69, 9.17) is 0 Å². The molecule has 0 radical (unpaired) electrons. The minimum atomic E-state index is -0.0227. The van der Waals surface area contributed by atoms with Crippen molar-refractivity contribution in [3.63, 3.8) is 0 Å². The van der Waals surface area contributed by atoms with Gasteiger partial charge >= 0.3 is 0 Å². The van der Waals surface area contributed by atoms with Crippen LogP contribution in [0.15, 0.2) is 0 Å². The highest BCUT2D eigenvalue weighted by atomic mass is 16.3. The van der Waals surface area contributed by atoms with Gasteiger partial charge in [0.05, 0.1) is 6.10 Å². The van der Waals surface area contributed by atoms with Crippen LogP contribution in [0.25, 0.3) is 0 Å². The number of nitrogens with one attached hydrogen (secondary N) is 1. The van der Waals surface area contributed by atoms with E-state index in [1.807, 2.05) is 0 Å². The van der Waals surface area contributed by atoms with E-state index in [-0.39, 0.29) is 6.10 Å². The third-order valence-corrected chi connectivity index (χ3v) is 9.77. The maximum absolute atomic E-state index is 9.51. The second kappa shape index (κ2) is 14.7. The molecule has 2 N–H and O–H groups in total. The fraction of sp³-hybridized carbons (Fsp3) is 1.00. The van der Waals surface area contributed by atoms with Crippen LogP contribution >= 0.6 is 0 Å². The molecule has 0 aromatic rings. The molecule has 4 heteroatoms. The molecular formula is C31H63N3O. The molecule has 208 valence electrons. The summed E-state index contributed by atoms with van der Waals surface area (Å²) in [5.41, 5.74) is 0.664. The second-order valence-electron chi connectivity index (χ2n) is 13.6. The van der Waals surface area contributed by atoms with Gasteiger partial charge in [-0.25, -0.2) is 0 Å². The molecule has 0 unspecified atom stereocenters. The lowest BCUT2D eigenvalue weighted by Gasteiger charge is -2.47. The molecule has 0 amide bonds. The van der Waals surface area contributed by atoms with Crippen LogP contribution in [0.2, 0.25) is 0 Å². The average Bonchev–Trinajstić information content (AvgIpc) is 2.83. The lowest BCUT2D eigenvalue weighted by molar-refractivity contribution is 0.0444. The number of nitrogens with zero attached hydrogens (tertiary/aromatic N) is 2. The zero-order valence-corrected chi connectivity index (χ0v) is 25.0. The van der Waals surface area contributed by atoms with Gasteiger partial charge in [-0.3, -0.25) is 9.80 Å². The average molecular weight is 494 g/mol. The zero-order valence-electron chi connectivity index (χ0n) is 25.0. The van der Waals surface area contributed by atoms with E-state index in [2.05, 4.69) is 70.5 Å². The van der Waals surface area contributed by atoms with Crippen molar-refractivity contribution in [2.24, 2.45) is 17.8 Å². The number of aliphatic hydroxyl groups is 1. The molecule has 3 fully saturated rings. The summed E-state index contributed by atoms with van der Waals surface area (Å²) in [6.07, 6.45) is 14.4. The van der Waals surface area contributed by atoms with E-state index in [1.165, 1.54) is 77.4 Å². The summed E-state index contributed by atoms with van der Waals surface area (Å²) in [5.74, 6) is 2.79. The molecule has 0 aromatic carbocycles. The zero-order chi connectivity index (χ0) is 26.1. The van der Waals surface area contributed by atoms with Gasteiger partial charge in [-0.15, -0.1) is 0 Å². The molecule has 1 atom stereocenters. The highest BCUT2D eigenvalue weighted by Crippen LogP contribution is 2.33. The minimum absolute atomic E-state index is 0.0227. The van der Waals surface area contributed by atoms with E-state index < -0.39 is 0 Å². The monoisotopic (exact) mass is 493 g/mol. The Morgan fingerprint density at radius 3 is 2.03 bits per heavy atom. The predicted octanol–water partition coefficient (Wildman–Crippen LogP) is 6.71. The SMILES string of the molecule is CCCC1CCC(CN2C[C@@H](C)NCC2(C)C)CC1.CCN(CC1CCC(O)CC1)C(C)(C)CC. The van der Waals surface area contributed by atoms with E-state index in [1.54, 1.807) is 0 Å². The lowest BCUT2D eigenvalue weighted by Crippen LogP contribution is -2.62. The first-order valence-corrected chi connectivity index (χ1v) is 15.4. The van der Waals surface area contributed by atoms with Gasteiger partial charge < -0.3 is 10.4 Å². The van der Waals surface area contributed by atoms with E-state index in [0.29, 0.717) is 17.1 Å². The van der Waals surface area contributed by atoms with Gasteiger partial charge in [0.2, 0.25) is 0 Å². The van der Waals surface area contributed by atoms with Gasteiger partial charge in [0.1, 0.15) is 0 Å². The Balaban J connectivity index is 0.000000251. The van der Waals surface area contributed by atoms with Crippen LogP contribution in [0.1, 0.15) is 126 Å². The Kier molecular flexibility index (Phi) is 13.0. The Hall–Kier alpha value is -0.160. The summed E-state index contributed by atoms with van der Waals surface area (Å²) in [6, 6.07) is 0.657. The smallest absolute Gasteiger partial charge is 0.0540 e. The fourth-order valence-electron chi connectivity index (χ4n) is 6.59. The van der Waals surface area contributed by atoms with Crippen LogP contribution in [0.5, 0.6) is 0 Å². The standard InChI is InChI=1S/C17H34N2.C14H29NO/c1-5-6-15-7-9-16(10-8-15)12-19-11-14(2)18-13-17(19,3)4;1-5-14(3,4)15(6-2)11-12-7-9-13(16)10-8-12/h14-16,18H,5-13H2,1-4H3;12-13,16H,5-11H2,1-4H3/t14-,15?,16?;/m1./s1. The number of hydrogen-bond donors (Lipinski definition) is 2. The van der Waals surface area contributed by atoms with Crippen LogP contribution < -0.4 is 5.32 Å². The summed E-state index contributed by atoms with van der Waals surface area (Å²) in [6.45, 7) is 24.7. The van der Waals surface area contributed by atoms with Crippen LogP contribution in [0.3, 0.4) is 0 Å². The van der Waals surface area contributed by atoms with Crippen molar-refractivity contribution < 1.29 is 5.11 Å². The number of aliphatic hydroxyl groups excluding tert-OH is 1. The summed E-state index contributed by atoms with van der Waals surface area (Å²) >= 11 is 0. The highest BCUT2D eigenvalue weighted by molar-refractivity contribution is 4.92. The summed E-state index contributed by atoms with van der Waals surface area (Å²) in [7, 11) is 0. The first-order valence-electron chi connectivity index (χ1n) is 15.4. The van der Waals surface area contributed by atoms with Gasteiger partial charge in [-0.2, -0.15) is 0 Å². The van der Waals surface area contributed by atoms with Crippen LogP contribution in [0, 0.1) is 17.8 Å². The van der Waals surface area contributed by atoms with Crippen molar-refractivity contribution in [1.29, 1.82) is 0 Å². The summed E-state index contributed by atoms with van der Waals surface area (Å²) in [5, 5.41) is 13.1. The van der Waals surface area contributed by atoms with Crippen molar-refractivity contribution in [2.45, 2.75) is 149 Å². The van der Waals surface area contributed by atoms with E-state index >= 15 is 0 Å². The predicted molar refractivity (Wildman–Crippen MR) is 153 cm³/mol. The Morgan fingerprint density at radius 2 is 1.49 bits per heavy atom. The minimum Gasteiger partial charge on any atom is -0.393 e. The Bertz CT molecular complexity index is 562. The first kappa shape index (κ1) is 31.1. The van der Waals surface area contributed by atoms with Gasteiger partial charge in [0.25, 0.3) is 0 Å². The fourth-order valence-corrected chi connectivity index (χ4v) is 6.59. The third kappa shape index (κ3) is 10.3. The molecule has 35 heavy (non-hydrogen) atoms. The lowest BCUT2D eigenvalue weighted by atomic mass is 9.79. The largest absolute Gasteiger partial charge is 0.393 e. The Morgan fingerprint density at radius 1 is 0.914 bits per heavy atom. The Labute approximate surface area is 220 Å². The highest BCUT2D eigenvalue weighted by Gasteiger charge is 2.34. The molecule has 3 aliphatic rings. The van der Waals surface area contributed by atoms with Crippen molar-refractivity contribution >= 4 is 0 Å². The first-order chi connectivity index (χ1) is 16.5. The summed E-state index contributed by atoms with van der Waals surface area (Å²) in [4.78, 5) is 5.36. The van der Waals surface area contributed by atoms with Crippen LogP contribution in [0.4, 0.5) is 0 Å². The van der Waals surface area contributed by atoms with E-state index in [9.17, 15) is 5.11 Å². The van der Waals surface area contributed by atoms with Crippen molar-refractivity contribution in [1.82, 2.24) is 15.1 Å². The number of piperazine rings is 1. The third-order valence-electron chi connectivity index (χ3n) is 9.77. The molecule has 1 saturated heterocycles. The molecular weight excluding hydrogens is 430 g/mol. The molecule has 1 heterocycles. The van der Waals surface area contributed by atoms with Gasteiger partial charge in [0, 0.05) is 43.3 Å². The maximum Gasteiger partial charge on any atom is 0.0540 e. The van der Waals surface area contributed by atoms with Crippen molar-refractivity contribution in [2.75, 3.05) is 32.7 Å². The van der Waals surface area contributed by atoms with Crippen molar-refractivity contribution in [3.8, 4) is 0 Å². The normalized spacial score (nSPS) is 32.2. The van der Waals surface area contributed by atoms with Gasteiger partial charge in [-0.05, 0) is 104 Å². The number of hydrogen-bond acceptors (Lipinski definition) is 4. The maximum atomic E-state index is 9.51. The molecule has 0 spiro atoms. The molecule has 2 aliphatic carbocycles. The van der Waals surface area contributed by atoms with Crippen LogP contribution in [-0.4, -0.2) is 70.9 Å². The quantitative estimate of drug-likeness (QED) is 0.374. The molecule has 1 aliphatic heterocycles. The molecule has 0 bridgehead atoms.